The van der Waals surface area contributed by atoms with Crippen LogP contribution in [0.15, 0.2) is 59.1 Å². The fourth-order valence-electron chi connectivity index (χ4n) is 2.32. The molecule has 0 atom stereocenters. The van der Waals surface area contributed by atoms with Gasteiger partial charge in [0.05, 0.1) is 21.1 Å². The molecule has 6 N–H and O–H groups in total. The van der Waals surface area contributed by atoms with Crippen LogP contribution in [0.3, 0.4) is 0 Å². The molecule has 0 unspecified atom stereocenters. The van der Waals surface area contributed by atoms with E-state index in [9.17, 15) is 0 Å². The Hall–Kier alpha value is -3.46. The van der Waals surface area contributed by atoms with Gasteiger partial charge in [-0.05, 0) is 36.4 Å². The Balaban J connectivity index is 2.10. The molecule has 8 nitrogen and oxygen atoms in total. The molecule has 0 aliphatic heterocycles. The summed E-state index contributed by atoms with van der Waals surface area (Å²) in [6.07, 6.45) is 3.26. The van der Waals surface area contributed by atoms with Gasteiger partial charge in [-0.2, -0.15) is 0 Å². The standard InChI is InChI=1S/C16H14N6O2S/c17-15(21-23)9-3-1-7-19-13(9)11-5-6-12(25-11)14-10(16(18)22-24)4-2-8-20-14/h1-8,23-24H,(H2,17,21)(H2,18,22). The Kier molecular flexibility index (Phi) is 4.57. The first kappa shape index (κ1) is 16.4. The van der Waals surface area contributed by atoms with Gasteiger partial charge < -0.3 is 21.9 Å². The number of nitrogens with two attached hydrogens (primary N) is 2. The van der Waals surface area contributed by atoms with Crippen molar-refractivity contribution >= 4 is 23.0 Å². The fraction of sp³-hybridized carbons (Fsp3) is 0. The topological polar surface area (TPSA) is 143 Å². The molecule has 0 bridgehead atoms. The molecule has 9 heteroatoms. The molecule has 0 aliphatic carbocycles. The minimum atomic E-state index is -0.0202. The molecule has 126 valence electrons. The molecule has 0 radical (unpaired) electrons. The summed E-state index contributed by atoms with van der Waals surface area (Å²) in [5.74, 6) is -0.0403. The lowest BCUT2D eigenvalue weighted by molar-refractivity contribution is 0.318. The maximum atomic E-state index is 8.95. The van der Waals surface area contributed by atoms with Crippen LogP contribution >= 0.6 is 11.3 Å². The zero-order chi connectivity index (χ0) is 17.8. The SMILES string of the molecule is N/C(=N\O)c1cccnc1-c1ccc(-c2ncccc2/C(N)=N/O)s1. The first-order valence-corrected chi connectivity index (χ1v) is 7.93. The normalized spacial score (nSPS) is 12.3. The summed E-state index contributed by atoms with van der Waals surface area (Å²) >= 11 is 1.41. The minimum absolute atomic E-state index is 0.0202. The van der Waals surface area contributed by atoms with Crippen LogP contribution in [0, 0.1) is 0 Å². The van der Waals surface area contributed by atoms with Crippen molar-refractivity contribution in [2.45, 2.75) is 0 Å². The number of nitrogens with zero attached hydrogens (tertiary/aromatic N) is 4. The maximum Gasteiger partial charge on any atom is 0.172 e. The smallest absolute Gasteiger partial charge is 0.172 e. The van der Waals surface area contributed by atoms with Gasteiger partial charge in [0.1, 0.15) is 0 Å². The summed E-state index contributed by atoms with van der Waals surface area (Å²) in [4.78, 5) is 10.3. The van der Waals surface area contributed by atoms with E-state index in [1.807, 2.05) is 12.1 Å². The lowest BCUT2D eigenvalue weighted by atomic mass is 10.1. The number of amidine groups is 2. The van der Waals surface area contributed by atoms with Gasteiger partial charge in [0.25, 0.3) is 0 Å². The third-order valence-electron chi connectivity index (χ3n) is 3.46. The summed E-state index contributed by atoms with van der Waals surface area (Å²) in [5.41, 5.74) is 13.7. The molecular formula is C16H14N6O2S. The fourth-order valence-corrected chi connectivity index (χ4v) is 3.34. The van der Waals surface area contributed by atoms with E-state index in [2.05, 4.69) is 20.3 Å². The lowest BCUT2D eigenvalue weighted by Crippen LogP contribution is -2.14. The van der Waals surface area contributed by atoms with Crippen molar-refractivity contribution in [3.05, 3.63) is 59.9 Å². The first-order chi connectivity index (χ1) is 12.2. The van der Waals surface area contributed by atoms with Crippen LogP contribution in [0.5, 0.6) is 0 Å². The van der Waals surface area contributed by atoms with Gasteiger partial charge in [-0.3, -0.25) is 9.97 Å². The predicted octanol–water partition coefficient (Wildman–Crippen LogP) is 2.06. The molecule has 3 rings (SSSR count). The van der Waals surface area contributed by atoms with Gasteiger partial charge >= 0.3 is 0 Å². The van der Waals surface area contributed by atoms with E-state index in [1.165, 1.54) is 11.3 Å². The molecule has 3 heterocycles. The second-order valence-corrected chi connectivity index (χ2v) is 6.02. The number of aromatic nitrogens is 2. The van der Waals surface area contributed by atoms with Crippen LogP contribution in [-0.4, -0.2) is 32.1 Å². The van der Waals surface area contributed by atoms with E-state index in [4.69, 9.17) is 21.9 Å². The third-order valence-corrected chi connectivity index (χ3v) is 4.55. The highest BCUT2D eigenvalue weighted by Gasteiger charge is 2.16. The lowest BCUT2D eigenvalue weighted by Gasteiger charge is -2.05. The number of hydrogen-bond acceptors (Lipinski definition) is 7. The van der Waals surface area contributed by atoms with Gasteiger partial charge in [0.15, 0.2) is 11.7 Å². The Morgan fingerprint density at radius 2 is 1.24 bits per heavy atom. The second-order valence-electron chi connectivity index (χ2n) is 4.93. The highest BCUT2D eigenvalue weighted by molar-refractivity contribution is 7.18. The van der Waals surface area contributed by atoms with Gasteiger partial charge in [-0.15, -0.1) is 11.3 Å². The summed E-state index contributed by atoms with van der Waals surface area (Å²) in [7, 11) is 0. The Bertz CT molecular complexity index is 891. The van der Waals surface area contributed by atoms with Crippen LogP contribution in [0.4, 0.5) is 0 Å². The van der Waals surface area contributed by atoms with E-state index in [-0.39, 0.29) is 11.7 Å². The van der Waals surface area contributed by atoms with Crippen LogP contribution in [0.25, 0.3) is 21.1 Å². The van der Waals surface area contributed by atoms with E-state index in [1.54, 1.807) is 36.7 Å². The van der Waals surface area contributed by atoms with Crippen molar-refractivity contribution in [2.24, 2.45) is 21.8 Å². The molecule has 25 heavy (non-hydrogen) atoms. The van der Waals surface area contributed by atoms with Crippen molar-refractivity contribution in [3.63, 3.8) is 0 Å². The van der Waals surface area contributed by atoms with Crippen molar-refractivity contribution in [2.75, 3.05) is 0 Å². The highest BCUT2D eigenvalue weighted by Crippen LogP contribution is 2.35. The Morgan fingerprint density at radius 3 is 1.64 bits per heavy atom. The van der Waals surface area contributed by atoms with Crippen LogP contribution < -0.4 is 11.5 Å². The monoisotopic (exact) mass is 354 g/mol. The number of hydrogen-bond donors (Lipinski definition) is 4. The highest BCUT2D eigenvalue weighted by atomic mass is 32.1. The van der Waals surface area contributed by atoms with Gasteiger partial charge in [-0.25, -0.2) is 0 Å². The molecule has 3 aromatic heterocycles. The molecule has 0 saturated carbocycles. The quantitative estimate of drug-likeness (QED) is 0.244. The Morgan fingerprint density at radius 1 is 0.800 bits per heavy atom. The largest absolute Gasteiger partial charge is 0.409 e. The summed E-state index contributed by atoms with van der Waals surface area (Å²) < 4.78 is 0. The van der Waals surface area contributed by atoms with Crippen LogP contribution in [0.2, 0.25) is 0 Å². The van der Waals surface area contributed by atoms with Gasteiger partial charge in [0, 0.05) is 23.5 Å². The van der Waals surface area contributed by atoms with Crippen molar-refractivity contribution in [1.82, 2.24) is 9.97 Å². The number of rotatable bonds is 4. The average Bonchev–Trinajstić information content (AvgIpc) is 3.16. The van der Waals surface area contributed by atoms with Crippen LogP contribution in [0.1, 0.15) is 11.1 Å². The predicted molar refractivity (Wildman–Crippen MR) is 95.8 cm³/mol. The van der Waals surface area contributed by atoms with E-state index >= 15 is 0 Å². The molecule has 0 aromatic carbocycles. The minimum Gasteiger partial charge on any atom is -0.409 e. The van der Waals surface area contributed by atoms with Crippen molar-refractivity contribution in [1.29, 1.82) is 0 Å². The molecule has 0 amide bonds. The van der Waals surface area contributed by atoms with Gasteiger partial charge in [0.2, 0.25) is 0 Å². The third kappa shape index (κ3) is 3.12. The van der Waals surface area contributed by atoms with E-state index in [0.29, 0.717) is 22.5 Å². The number of oxime groups is 2. The van der Waals surface area contributed by atoms with E-state index in [0.717, 1.165) is 9.75 Å². The van der Waals surface area contributed by atoms with Crippen molar-refractivity contribution < 1.29 is 10.4 Å². The summed E-state index contributed by atoms with van der Waals surface area (Å²) in [6, 6.07) is 10.6. The zero-order valence-corrected chi connectivity index (χ0v) is 13.7. The molecule has 0 aliphatic rings. The molecule has 0 fully saturated rings. The second kappa shape index (κ2) is 6.97. The summed E-state index contributed by atoms with van der Waals surface area (Å²) in [6.45, 7) is 0. The van der Waals surface area contributed by atoms with Crippen molar-refractivity contribution in [3.8, 4) is 21.1 Å². The van der Waals surface area contributed by atoms with Gasteiger partial charge in [-0.1, -0.05) is 10.3 Å². The van der Waals surface area contributed by atoms with E-state index < -0.39 is 0 Å². The maximum absolute atomic E-state index is 8.95. The Labute approximate surface area is 146 Å². The van der Waals surface area contributed by atoms with Crippen LogP contribution in [-0.2, 0) is 0 Å². The molecular weight excluding hydrogens is 340 g/mol. The average molecular weight is 354 g/mol. The molecule has 0 saturated heterocycles. The zero-order valence-electron chi connectivity index (χ0n) is 12.9. The summed E-state index contributed by atoms with van der Waals surface area (Å²) in [5, 5.41) is 24.0. The first-order valence-electron chi connectivity index (χ1n) is 7.12. The molecule has 0 spiro atoms. The molecule has 3 aromatic rings. The number of pyridine rings is 2. The number of thiophene rings is 1.